The Morgan fingerprint density at radius 2 is 2.28 bits per heavy atom. The largest absolute Gasteiger partial charge is 0.496 e. The van der Waals surface area contributed by atoms with Crippen LogP contribution >= 0.6 is 23.1 Å². The van der Waals surface area contributed by atoms with Crippen molar-refractivity contribution in [1.29, 1.82) is 0 Å². The predicted octanol–water partition coefficient (Wildman–Crippen LogP) is 3.21. The summed E-state index contributed by atoms with van der Waals surface area (Å²) in [6, 6.07) is 6.16. The van der Waals surface area contributed by atoms with Crippen LogP contribution in [0.5, 0.6) is 5.75 Å². The minimum atomic E-state index is 0.498. The maximum absolute atomic E-state index is 5.71. The summed E-state index contributed by atoms with van der Waals surface area (Å²) in [6.07, 6.45) is 0. The zero-order chi connectivity index (χ0) is 13.0. The fourth-order valence-corrected chi connectivity index (χ4v) is 3.42. The summed E-state index contributed by atoms with van der Waals surface area (Å²) in [4.78, 5) is 4.43. The highest BCUT2D eigenvalue weighted by molar-refractivity contribution is 8.00. The van der Waals surface area contributed by atoms with Crippen LogP contribution in [0, 0.1) is 6.92 Å². The number of hydrogen-bond acceptors (Lipinski definition) is 5. The van der Waals surface area contributed by atoms with Gasteiger partial charge in [-0.05, 0) is 24.6 Å². The number of rotatable bonds is 5. The van der Waals surface area contributed by atoms with Crippen LogP contribution in [-0.2, 0) is 12.3 Å². The summed E-state index contributed by atoms with van der Waals surface area (Å²) in [6.45, 7) is 2.51. The van der Waals surface area contributed by atoms with Crippen LogP contribution in [-0.4, -0.2) is 12.1 Å². The molecule has 0 radical (unpaired) electrons. The quantitative estimate of drug-likeness (QED) is 0.854. The van der Waals surface area contributed by atoms with Crippen molar-refractivity contribution in [2.75, 3.05) is 7.11 Å². The summed E-state index contributed by atoms with van der Waals surface area (Å²) in [5.41, 5.74) is 9.08. The van der Waals surface area contributed by atoms with Gasteiger partial charge in [0.25, 0.3) is 0 Å². The maximum Gasteiger partial charge on any atom is 0.150 e. The van der Waals surface area contributed by atoms with Gasteiger partial charge in [-0.25, -0.2) is 4.98 Å². The lowest BCUT2D eigenvalue weighted by atomic mass is 10.1. The monoisotopic (exact) mass is 280 g/mol. The molecule has 0 saturated carbocycles. The molecule has 0 saturated heterocycles. The minimum absolute atomic E-state index is 0.498. The van der Waals surface area contributed by atoms with Crippen LogP contribution in [0.25, 0.3) is 0 Å². The van der Waals surface area contributed by atoms with Crippen LogP contribution in [0.15, 0.2) is 27.9 Å². The average Bonchev–Trinajstić information content (AvgIpc) is 2.81. The molecule has 1 aromatic heterocycles. The Labute approximate surface area is 115 Å². The van der Waals surface area contributed by atoms with Crippen LogP contribution < -0.4 is 10.5 Å². The van der Waals surface area contributed by atoms with Gasteiger partial charge in [0.1, 0.15) is 10.1 Å². The van der Waals surface area contributed by atoms with Gasteiger partial charge in [0.2, 0.25) is 0 Å². The molecule has 0 aliphatic rings. The molecule has 2 aromatic rings. The molecule has 2 rings (SSSR count). The predicted molar refractivity (Wildman–Crippen MR) is 77.3 cm³/mol. The molecule has 96 valence electrons. The Morgan fingerprint density at radius 1 is 1.44 bits per heavy atom. The first-order valence-corrected chi connectivity index (χ1v) is 7.50. The van der Waals surface area contributed by atoms with E-state index in [2.05, 4.69) is 22.5 Å². The van der Waals surface area contributed by atoms with Crippen molar-refractivity contribution >= 4 is 23.1 Å². The number of ether oxygens (including phenoxy) is 1. The van der Waals surface area contributed by atoms with E-state index in [0.29, 0.717) is 6.54 Å². The topological polar surface area (TPSA) is 48.1 Å². The number of thioether (sulfide) groups is 1. The molecule has 0 unspecified atom stereocenters. The van der Waals surface area contributed by atoms with Crippen LogP contribution in [0.4, 0.5) is 0 Å². The lowest BCUT2D eigenvalue weighted by Gasteiger charge is -2.08. The van der Waals surface area contributed by atoms with Gasteiger partial charge in [-0.1, -0.05) is 17.8 Å². The number of hydrogen-bond donors (Lipinski definition) is 1. The molecule has 0 fully saturated rings. The molecule has 1 aromatic carbocycles. The highest BCUT2D eigenvalue weighted by Crippen LogP contribution is 2.28. The maximum atomic E-state index is 5.71. The van der Waals surface area contributed by atoms with Crippen LogP contribution in [0.1, 0.15) is 16.8 Å². The van der Waals surface area contributed by atoms with E-state index in [0.717, 1.165) is 27.1 Å². The average molecular weight is 280 g/mol. The second-order valence-electron chi connectivity index (χ2n) is 3.89. The molecule has 0 atom stereocenters. The third kappa shape index (κ3) is 3.25. The number of methoxy groups -OCH3 is 1. The van der Waals surface area contributed by atoms with Crippen molar-refractivity contribution in [2.45, 2.75) is 23.6 Å². The fourth-order valence-electron chi connectivity index (χ4n) is 1.62. The summed E-state index contributed by atoms with van der Waals surface area (Å²) in [5.74, 6) is 1.76. The number of nitrogens with zero attached hydrogens (tertiary/aromatic N) is 1. The van der Waals surface area contributed by atoms with Gasteiger partial charge in [-0.15, -0.1) is 11.3 Å². The first kappa shape index (κ1) is 13.4. The summed E-state index contributed by atoms with van der Waals surface area (Å²) in [5, 5.41) is 2.07. The SMILES string of the molecule is COc1ccc(CSc2nc(C)cs2)cc1CN. The van der Waals surface area contributed by atoms with E-state index in [1.807, 2.05) is 13.0 Å². The van der Waals surface area contributed by atoms with E-state index in [1.165, 1.54) is 5.56 Å². The van der Waals surface area contributed by atoms with Gasteiger partial charge >= 0.3 is 0 Å². The molecule has 1 heterocycles. The van der Waals surface area contributed by atoms with Crippen molar-refractivity contribution in [3.05, 3.63) is 40.4 Å². The smallest absolute Gasteiger partial charge is 0.150 e. The fraction of sp³-hybridized carbons (Fsp3) is 0.308. The Balaban J connectivity index is 2.05. The van der Waals surface area contributed by atoms with Gasteiger partial charge in [-0.2, -0.15) is 0 Å². The molecule has 3 nitrogen and oxygen atoms in total. The van der Waals surface area contributed by atoms with E-state index in [1.54, 1.807) is 30.2 Å². The Kier molecular flexibility index (Phi) is 4.63. The van der Waals surface area contributed by atoms with Gasteiger partial charge in [0.15, 0.2) is 0 Å². The number of aromatic nitrogens is 1. The number of aryl methyl sites for hydroxylation is 1. The van der Waals surface area contributed by atoms with Gasteiger partial charge in [-0.3, -0.25) is 0 Å². The first-order chi connectivity index (χ1) is 8.72. The molecule has 0 aliphatic carbocycles. The standard InChI is InChI=1S/C13H16N2OS2/c1-9-7-17-13(15-9)18-8-10-3-4-12(16-2)11(5-10)6-14/h3-5,7H,6,8,14H2,1-2H3. The van der Waals surface area contributed by atoms with Crippen molar-refractivity contribution in [3.8, 4) is 5.75 Å². The lowest BCUT2D eigenvalue weighted by Crippen LogP contribution is -2.00. The lowest BCUT2D eigenvalue weighted by molar-refractivity contribution is 0.409. The van der Waals surface area contributed by atoms with Crippen LogP contribution in [0.3, 0.4) is 0 Å². The van der Waals surface area contributed by atoms with E-state index in [4.69, 9.17) is 10.5 Å². The Hall–Kier alpha value is -1.04. The molecule has 18 heavy (non-hydrogen) atoms. The van der Waals surface area contributed by atoms with E-state index < -0.39 is 0 Å². The first-order valence-electron chi connectivity index (χ1n) is 5.63. The van der Waals surface area contributed by atoms with Crippen LogP contribution in [0.2, 0.25) is 0 Å². The number of benzene rings is 1. The molecular weight excluding hydrogens is 264 g/mol. The molecular formula is C13H16N2OS2. The van der Waals surface area contributed by atoms with E-state index in [9.17, 15) is 0 Å². The highest BCUT2D eigenvalue weighted by Gasteiger charge is 2.05. The van der Waals surface area contributed by atoms with Crippen molar-refractivity contribution in [3.63, 3.8) is 0 Å². The number of thiazole rings is 1. The van der Waals surface area contributed by atoms with Crippen molar-refractivity contribution < 1.29 is 4.74 Å². The summed E-state index contributed by atoms with van der Waals surface area (Å²) < 4.78 is 6.37. The third-order valence-corrected chi connectivity index (χ3v) is 4.73. The normalized spacial score (nSPS) is 10.6. The molecule has 0 bridgehead atoms. The van der Waals surface area contributed by atoms with Crippen molar-refractivity contribution in [1.82, 2.24) is 4.98 Å². The Morgan fingerprint density at radius 3 is 2.89 bits per heavy atom. The van der Waals surface area contributed by atoms with E-state index in [-0.39, 0.29) is 0 Å². The molecule has 2 N–H and O–H groups in total. The van der Waals surface area contributed by atoms with Gasteiger partial charge < -0.3 is 10.5 Å². The summed E-state index contributed by atoms with van der Waals surface area (Å²) >= 11 is 3.44. The summed E-state index contributed by atoms with van der Waals surface area (Å²) in [7, 11) is 1.67. The molecule has 0 aliphatic heterocycles. The van der Waals surface area contributed by atoms with Crippen molar-refractivity contribution in [2.24, 2.45) is 5.73 Å². The second kappa shape index (κ2) is 6.22. The highest BCUT2D eigenvalue weighted by atomic mass is 32.2. The van der Waals surface area contributed by atoms with E-state index >= 15 is 0 Å². The molecule has 0 spiro atoms. The molecule has 0 amide bonds. The minimum Gasteiger partial charge on any atom is -0.496 e. The Bertz CT molecular complexity index is 525. The molecule has 5 heteroatoms. The van der Waals surface area contributed by atoms with Gasteiger partial charge in [0, 0.05) is 28.9 Å². The zero-order valence-electron chi connectivity index (χ0n) is 10.5. The second-order valence-corrected chi connectivity index (χ2v) is 5.97. The number of nitrogens with two attached hydrogens (primary N) is 1. The zero-order valence-corrected chi connectivity index (χ0v) is 12.1. The third-order valence-electron chi connectivity index (χ3n) is 2.52. The van der Waals surface area contributed by atoms with Gasteiger partial charge in [0.05, 0.1) is 7.11 Å².